The number of carboxylic acids is 1. The lowest BCUT2D eigenvalue weighted by Gasteiger charge is -2.12. The summed E-state index contributed by atoms with van der Waals surface area (Å²) < 4.78 is 0. The molecule has 2 aliphatic rings. The summed E-state index contributed by atoms with van der Waals surface area (Å²) in [5.41, 5.74) is 3.10. The number of aliphatic hydroxyl groups excluding tert-OH is 1. The van der Waals surface area contributed by atoms with Crippen LogP contribution in [0.1, 0.15) is 24.0 Å². The smallest absolute Gasteiger partial charge is 0.310 e. The van der Waals surface area contributed by atoms with Crippen molar-refractivity contribution in [3.05, 3.63) is 53.6 Å². The predicted molar refractivity (Wildman–Crippen MR) is 84.9 cm³/mol. The third-order valence-electron chi connectivity index (χ3n) is 4.19. The molecule has 3 atom stereocenters. The fourth-order valence-corrected chi connectivity index (χ4v) is 2.57. The number of carboxylic acid groups (broad SMARTS) is 1. The lowest BCUT2D eigenvalue weighted by Crippen LogP contribution is -2.11. The zero-order valence-electron chi connectivity index (χ0n) is 12.2. The van der Waals surface area contributed by atoms with E-state index in [0.29, 0.717) is 18.3 Å². The van der Waals surface area contributed by atoms with Crippen molar-refractivity contribution < 1.29 is 15.0 Å². The summed E-state index contributed by atoms with van der Waals surface area (Å²) >= 11 is 0. The van der Waals surface area contributed by atoms with E-state index in [2.05, 4.69) is 11.8 Å². The van der Waals surface area contributed by atoms with Gasteiger partial charge in [0.15, 0.2) is 0 Å². The molecule has 3 unspecified atom stereocenters. The molecule has 0 radical (unpaired) electrons. The molecule has 2 N–H and O–H groups in total. The number of carbonyl (C=O) groups is 1. The van der Waals surface area contributed by atoms with Gasteiger partial charge in [-0.15, -0.1) is 0 Å². The van der Waals surface area contributed by atoms with E-state index in [1.807, 2.05) is 36.4 Å². The van der Waals surface area contributed by atoms with Crippen LogP contribution in [0.5, 0.6) is 0 Å². The molecule has 0 spiro atoms. The number of benzene rings is 1. The Bertz CT molecular complexity index is 686. The van der Waals surface area contributed by atoms with Crippen LogP contribution >= 0.6 is 0 Å². The highest BCUT2D eigenvalue weighted by Gasteiger charge is 2.34. The normalized spacial score (nSPS) is 25.9. The van der Waals surface area contributed by atoms with Crippen molar-refractivity contribution in [2.75, 3.05) is 6.61 Å². The minimum absolute atomic E-state index is 0.232. The molecule has 1 aromatic carbocycles. The van der Waals surface area contributed by atoms with Crippen molar-refractivity contribution >= 4 is 11.5 Å². The third kappa shape index (κ3) is 3.29. The van der Waals surface area contributed by atoms with Crippen molar-refractivity contribution in [2.45, 2.75) is 12.8 Å². The van der Waals surface area contributed by atoms with Gasteiger partial charge in [-0.1, -0.05) is 42.2 Å². The molecule has 0 aliphatic heterocycles. The van der Waals surface area contributed by atoms with E-state index in [4.69, 9.17) is 10.2 Å². The maximum atomic E-state index is 10.9. The standard InChI is InChI=1S/C19H18O3/c20-12-18-11-17(18)6-3-13-1-4-14(5-2-13)15-7-9-16(10-8-15)19(21)22/h1-2,4-5,7-9,16-18,20H,10-12H2,(H,21,22). The van der Waals surface area contributed by atoms with E-state index in [1.165, 1.54) is 0 Å². The number of hydrogen-bond donors (Lipinski definition) is 2. The van der Waals surface area contributed by atoms with Gasteiger partial charge in [0, 0.05) is 18.1 Å². The van der Waals surface area contributed by atoms with Gasteiger partial charge in [0.2, 0.25) is 0 Å². The fourth-order valence-electron chi connectivity index (χ4n) is 2.57. The summed E-state index contributed by atoms with van der Waals surface area (Å²) in [5.74, 6) is 5.86. The first-order valence-corrected chi connectivity index (χ1v) is 7.51. The first-order chi connectivity index (χ1) is 10.7. The molecular weight excluding hydrogens is 276 g/mol. The number of aliphatic carboxylic acids is 1. The number of aliphatic hydroxyl groups is 1. The van der Waals surface area contributed by atoms with E-state index in [0.717, 1.165) is 23.1 Å². The molecule has 1 fully saturated rings. The Balaban J connectivity index is 1.65. The van der Waals surface area contributed by atoms with Gasteiger partial charge in [-0.3, -0.25) is 4.79 Å². The van der Waals surface area contributed by atoms with Crippen LogP contribution in [-0.2, 0) is 4.79 Å². The van der Waals surface area contributed by atoms with E-state index < -0.39 is 11.9 Å². The minimum atomic E-state index is -0.779. The molecule has 0 bridgehead atoms. The zero-order chi connectivity index (χ0) is 15.5. The van der Waals surface area contributed by atoms with E-state index in [9.17, 15) is 4.79 Å². The van der Waals surface area contributed by atoms with Gasteiger partial charge >= 0.3 is 5.97 Å². The molecule has 3 heteroatoms. The fraction of sp³-hybridized carbons (Fsp3) is 0.316. The highest BCUT2D eigenvalue weighted by molar-refractivity contribution is 5.80. The van der Waals surface area contributed by atoms with E-state index in [-0.39, 0.29) is 6.61 Å². The first kappa shape index (κ1) is 14.6. The van der Waals surface area contributed by atoms with Crippen LogP contribution in [0.25, 0.3) is 5.57 Å². The SMILES string of the molecule is O=C(O)C1C=CC(c2ccc(C#CC3CC3CO)cc2)=CC1. The maximum Gasteiger partial charge on any atom is 0.310 e. The Morgan fingerprint density at radius 3 is 2.59 bits per heavy atom. The van der Waals surface area contributed by atoms with Crippen LogP contribution in [0.15, 0.2) is 42.5 Å². The molecule has 1 saturated carbocycles. The Morgan fingerprint density at radius 2 is 2.05 bits per heavy atom. The number of rotatable bonds is 3. The van der Waals surface area contributed by atoms with Gasteiger partial charge in [-0.25, -0.2) is 0 Å². The van der Waals surface area contributed by atoms with Gasteiger partial charge in [-0.05, 0) is 42.0 Å². The van der Waals surface area contributed by atoms with Crippen LogP contribution in [0.3, 0.4) is 0 Å². The van der Waals surface area contributed by atoms with Crippen LogP contribution in [0.2, 0.25) is 0 Å². The van der Waals surface area contributed by atoms with Crippen molar-refractivity contribution in [3.8, 4) is 11.8 Å². The number of allylic oxidation sites excluding steroid dienone is 3. The molecule has 3 nitrogen and oxygen atoms in total. The summed E-state index contributed by atoms with van der Waals surface area (Å²) in [6, 6.07) is 7.99. The van der Waals surface area contributed by atoms with Crippen molar-refractivity contribution in [1.82, 2.24) is 0 Å². The molecule has 0 saturated heterocycles. The molecule has 0 amide bonds. The van der Waals surface area contributed by atoms with Gasteiger partial charge in [0.1, 0.15) is 0 Å². The van der Waals surface area contributed by atoms with Crippen LogP contribution < -0.4 is 0 Å². The Labute approximate surface area is 130 Å². The zero-order valence-corrected chi connectivity index (χ0v) is 12.2. The Kier molecular flexibility index (Phi) is 4.13. The highest BCUT2D eigenvalue weighted by atomic mass is 16.4. The van der Waals surface area contributed by atoms with Gasteiger partial charge in [-0.2, -0.15) is 0 Å². The second-order valence-electron chi connectivity index (χ2n) is 5.83. The summed E-state index contributed by atoms with van der Waals surface area (Å²) in [6.07, 6.45) is 7.12. The highest BCUT2D eigenvalue weighted by Crippen LogP contribution is 2.37. The molecule has 2 aliphatic carbocycles. The van der Waals surface area contributed by atoms with E-state index >= 15 is 0 Å². The third-order valence-corrected chi connectivity index (χ3v) is 4.19. The monoisotopic (exact) mass is 294 g/mol. The molecule has 1 aromatic rings. The summed E-state index contributed by atoms with van der Waals surface area (Å²) in [6.45, 7) is 0.232. The van der Waals surface area contributed by atoms with Gasteiger partial charge in [0.05, 0.1) is 5.92 Å². The molecular formula is C19H18O3. The van der Waals surface area contributed by atoms with Gasteiger partial charge in [0.25, 0.3) is 0 Å². The molecule has 0 heterocycles. The van der Waals surface area contributed by atoms with Crippen molar-refractivity contribution in [2.24, 2.45) is 17.8 Å². The van der Waals surface area contributed by atoms with Crippen LogP contribution in [-0.4, -0.2) is 22.8 Å². The Hall–Kier alpha value is -2.31. The van der Waals surface area contributed by atoms with Crippen molar-refractivity contribution in [3.63, 3.8) is 0 Å². The summed E-state index contributed by atoms with van der Waals surface area (Å²) in [7, 11) is 0. The lowest BCUT2D eigenvalue weighted by atomic mass is 9.93. The molecule has 22 heavy (non-hydrogen) atoms. The molecule has 0 aromatic heterocycles. The first-order valence-electron chi connectivity index (χ1n) is 7.51. The maximum absolute atomic E-state index is 10.9. The minimum Gasteiger partial charge on any atom is -0.481 e. The van der Waals surface area contributed by atoms with E-state index in [1.54, 1.807) is 6.08 Å². The Morgan fingerprint density at radius 1 is 1.27 bits per heavy atom. The van der Waals surface area contributed by atoms with Gasteiger partial charge < -0.3 is 10.2 Å². The molecule has 3 rings (SSSR count). The lowest BCUT2D eigenvalue weighted by molar-refractivity contribution is -0.139. The number of hydrogen-bond acceptors (Lipinski definition) is 2. The largest absolute Gasteiger partial charge is 0.481 e. The summed E-state index contributed by atoms with van der Waals surface area (Å²) in [4.78, 5) is 10.9. The average Bonchev–Trinajstić information content (AvgIpc) is 3.32. The van der Waals surface area contributed by atoms with Crippen molar-refractivity contribution in [1.29, 1.82) is 0 Å². The predicted octanol–water partition coefficient (Wildman–Crippen LogP) is 2.71. The van der Waals surface area contributed by atoms with Crippen LogP contribution in [0, 0.1) is 29.6 Å². The summed E-state index contributed by atoms with van der Waals surface area (Å²) in [5, 5.41) is 18.0. The van der Waals surface area contributed by atoms with Crippen LogP contribution in [0.4, 0.5) is 0 Å². The second-order valence-corrected chi connectivity index (χ2v) is 5.83. The second kappa shape index (κ2) is 6.21. The average molecular weight is 294 g/mol. The topological polar surface area (TPSA) is 57.5 Å². The molecule has 112 valence electrons. The quantitative estimate of drug-likeness (QED) is 0.843.